The molecule has 3 heterocycles. The van der Waals surface area contributed by atoms with Gasteiger partial charge in [-0.25, -0.2) is 9.78 Å². The number of ether oxygens (including phenoxy) is 5. The van der Waals surface area contributed by atoms with Crippen LogP contribution in [-0.4, -0.2) is 49.9 Å². The lowest BCUT2D eigenvalue weighted by atomic mass is 9.91. The van der Waals surface area contributed by atoms with Gasteiger partial charge in [-0.1, -0.05) is 71.4 Å². The Bertz CT molecular complexity index is 691. The van der Waals surface area contributed by atoms with Gasteiger partial charge >= 0.3 is 0 Å². The smallest absolute Gasteiger partial charge is 0.291 e. The van der Waals surface area contributed by atoms with Crippen LogP contribution in [0.5, 0.6) is 0 Å². The molecule has 0 amide bonds. The third-order valence-corrected chi connectivity index (χ3v) is 6.01. The molecule has 3 aliphatic heterocycles. The molecule has 0 radical (unpaired) electrons. The Hall–Kier alpha value is -1.06. The molecule has 0 aliphatic carbocycles. The van der Waals surface area contributed by atoms with Gasteiger partial charge in [0.2, 0.25) is 0 Å². The molecule has 7 heteroatoms. The van der Waals surface area contributed by atoms with Gasteiger partial charge in [-0.3, -0.25) is 4.74 Å². The Morgan fingerprint density at radius 1 is 1.03 bits per heavy atom. The van der Waals surface area contributed by atoms with Crippen LogP contribution in [0.25, 0.3) is 0 Å². The zero-order valence-electron chi connectivity index (χ0n) is 18.5. The Kier molecular flexibility index (Phi) is 6.51. The first-order chi connectivity index (χ1) is 14.3. The molecule has 1 aromatic carbocycles. The number of fused-ring (bicyclic) bond motifs is 2. The lowest BCUT2D eigenvalue weighted by Gasteiger charge is -2.48. The van der Waals surface area contributed by atoms with Gasteiger partial charge < -0.3 is 18.9 Å². The summed E-state index contributed by atoms with van der Waals surface area (Å²) in [4.78, 5) is 10.9. The van der Waals surface area contributed by atoms with Gasteiger partial charge in [0.15, 0.2) is 6.29 Å². The predicted octanol–water partition coefficient (Wildman–Crippen LogP) is 3.81. The fraction of sp³-hybridized carbons (Fsp3) is 0.739. The third kappa shape index (κ3) is 4.30. The van der Waals surface area contributed by atoms with Crippen molar-refractivity contribution in [1.82, 2.24) is 0 Å². The Morgan fingerprint density at radius 3 is 2.47 bits per heavy atom. The van der Waals surface area contributed by atoms with E-state index in [-0.39, 0.29) is 24.9 Å². The maximum atomic E-state index is 6.40. The highest BCUT2D eigenvalue weighted by Crippen LogP contribution is 2.53. The molecule has 7 atom stereocenters. The van der Waals surface area contributed by atoms with Gasteiger partial charge in [0, 0.05) is 5.41 Å². The largest absolute Gasteiger partial charge is 0.368 e. The van der Waals surface area contributed by atoms with Crippen LogP contribution in [0.15, 0.2) is 30.3 Å². The molecule has 168 valence electrons. The van der Waals surface area contributed by atoms with E-state index in [1.54, 1.807) is 0 Å². The van der Waals surface area contributed by atoms with E-state index >= 15 is 0 Å². The number of hydrogen-bond acceptors (Lipinski definition) is 7. The molecular weight excluding hydrogens is 388 g/mol. The molecule has 1 aromatic rings. The summed E-state index contributed by atoms with van der Waals surface area (Å²) in [6.07, 6.45) is -0.997. The fourth-order valence-corrected chi connectivity index (χ4v) is 3.85. The second-order valence-corrected chi connectivity index (χ2v) is 9.48. The molecule has 3 fully saturated rings. The number of rotatable bonds is 9. The molecular formula is C23H34O7. The molecule has 3 bridgehead atoms. The summed E-state index contributed by atoms with van der Waals surface area (Å²) >= 11 is 0. The van der Waals surface area contributed by atoms with Crippen molar-refractivity contribution < 1.29 is 33.5 Å². The van der Waals surface area contributed by atoms with Crippen LogP contribution in [0.2, 0.25) is 0 Å². The van der Waals surface area contributed by atoms with Crippen LogP contribution < -0.4 is 0 Å². The second-order valence-electron chi connectivity index (χ2n) is 9.48. The Labute approximate surface area is 178 Å². The SMILES string of the molecule is CCC(C)COOC[C@H]1OC2OC3(C(C)(C)C)O[C@H]1[C@H](OCc1ccccc1)[C@H]2O3. The lowest BCUT2D eigenvalue weighted by Crippen LogP contribution is -2.64. The fourth-order valence-electron chi connectivity index (χ4n) is 3.85. The van der Waals surface area contributed by atoms with Crippen molar-refractivity contribution in [3.63, 3.8) is 0 Å². The van der Waals surface area contributed by atoms with Crippen LogP contribution in [0, 0.1) is 11.3 Å². The normalized spacial score (nSPS) is 36.2. The molecule has 3 unspecified atom stereocenters. The topological polar surface area (TPSA) is 64.6 Å². The predicted molar refractivity (Wildman–Crippen MR) is 108 cm³/mol. The van der Waals surface area contributed by atoms with Gasteiger partial charge in [0.25, 0.3) is 5.97 Å². The van der Waals surface area contributed by atoms with Crippen molar-refractivity contribution in [3.05, 3.63) is 35.9 Å². The van der Waals surface area contributed by atoms with Crippen molar-refractivity contribution in [2.24, 2.45) is 11.3 Å². The first-order valence-electron chi connectivity index (χ1n) is 10.9. The minimum atomic E-state index is -1.16. The molecule has 3 saturated heterocycles. The van der Waals surface area contributed by atoms with Gasteiger partial charge in [0.1, 0.15) is 31.0 Å². The Balaban J connectivity index is 1.46. The molecule has 30 heavy (non-hydrogen) atoms. The summed E-state index contributed by atoms with van der Waals surface area (Å²) in [7, 11) is 0. The Morgan fingerprint density at radius 2 is 1.77 bits per heavy atom. The highest BCUT2D eigenvalue weighted by Gasteiger charge is 2.69. The van der Waals surface area contributed by atoms with Crippen molar-refractivity contribution in [3.8, 4) is 0 Å². The first kappa shape index (κ1) is 22.1. The van der Waals surface area contributed by atoms with Crippen molar-refractivity contribution in [2.75, 3.05) is 13.2 Å². The summed E-state index contributed by atoms with van der Waals surface area (Å²) in [6.45, 7) is 11.6. The zero-order valence-corrected chi connectivity index (χ0v) is 18.5. The standard InChI is InChI=1S/C23H34O7/c1-6-15(2)12-25-26-14-17-18-19(24-13-16-10-8-7-9-11-16)20-21(27-17)30-23(28-18,29-20)22(3,4)5/h7-11,15,17-21H,6,12-14H2,1-5H3/t15?,17-,18-,19+,20-,21?,23?/m1/s1. The highest BCUT2D eigenvalue weighted by atomic mass is 17.2. The number of hydrogen-bond donors (Lipinski definition) is 0. The molecule has 4 rings (SSSR count). The van der Waals surface area contributed by atoms with Crippen LogP contribution in [0.3, 0.4) is 0 Å². The van der Waals surface area contributed by atoms with Crippen LogP contribution in [-0.2, 0) is 40.1 Å². The molecule has 3 aliphatic rings. The summed E-state index contributed by atoms with van der Waals surface area (Å²) < 4.78 is 31.2. The maximum Gasteiger partial charge on any atom is 0.291 e. The molecule has 7 nitrogen and oxygen atoms in total. The van der Waals surface area contributed by atoms with Gasteiger partial charge in [-0.2, -0.15) is 0 Å². The quantitative estimate of drug-likeness (QED) is 0.341. The van der Waals surface area contributed by atoms with E-state index in [9.17, 15) is 0 Å². The van der Waals surface area contributed by atoms with E-state index in [4.69, 9.17) is 33.5 Å². The minimum absolute atomic E-state index is 0.235. The summed E-state index contributed by atoms with van der Waals surface area (Å²) in [5, 5.41) is 0. The maximum absolute atomic E-state index is 6.40. The summed E-state index contributed by atoms with van der Waals surface area (Å²) in [5.74, 6) is -0.727. The van der Waals surface area contributed by atoms with E-state index in [1.165, 1.54) is 0 Å². The van der Waals surface area contributed by atoms with Crippen molar-refractivity contribution in [2.45, 2.75) is 84.3 Å². The van der Waals surface area contributed by atoms with Crippen LogP contribution in [0.1, 0.15) is 46.6 Å². The lowest BCUT2D eigenvalue weighted by molar-refractivity contribution is -0.433. The zero-order chi connectivity index (χ0) is 21.4. The van der Waals surface area contributed by atoms with Crippen LogP contribution >= 0.6 is 0 Å². The third-order valence-electron chi connectivity index (χ3n) is 6.01. The van der Waals surface area contributed by atoms with E-state index < -0.39 is 23.8 Å². The van der Waals surface area contributed by atoms with Crippen molar-refractivity contribution >= 4 is 0 Å². The highest BCUT2D eigenvalue weighted by molar-refractivity contribution is 5.14. The summed E-state index contributed by atoms with van der Waals surface area (Å²) in [5.41, 5.74) is 0.694. The van der Waals surface area contributed by atoms with E-state index in [0.29, 0.717) is 19.1 Å². The van der Waals surface area contributed by atoms with E-state index in [2.05, 4.69) is 13.8 Å². The number of benzene rings is 1. The van der Waals surface area contributed by atoms with Gasteiger partial charge in [0.05, 0.1) is 13.2 Å². The second kappa shape index (κ2) is 8.82. The average molecular weight is 423 g/mol. The summed E-state index contributed by atoms with van der Waals surface area (Å²) in [6, 6.07) is 10.1. The monoisotopic (exact) mass is 422 g/mol. The molecule has 0 aromatic heterocycles. The van der Waals surface area contributed by atoms with Crippen LogP contribution in [0.4, 0.5) is 0 Å². The molecule has 0 saturated carbocycles. The van der Waals surface area contributed by atoms with Gasteiger partial charge in [-0.15, -0.1) is 0 Å². The van der Waals surface area contributed by atoms with E-state index in [0.717, 1.165) is 12.0 Å². The molecule has 0 spiro atoms. The molecule has 0 N–H and O–H groups in total. The minimum Gasteiger partial charge on any atom is -0.368 e. The van der Waals surface area contributed by atoms with Gasteiger partial charge in [-0.05, 0) is 11.5 Å². The first-order valence-corrected chi connectivity index (χ1v) is 10.9. The van der Waals surface area contributed by atoms with E-state index in [1.807, 2.05) is 51.1 Å². The van der Waals surface area contributed by atoms with Crippen molar-refractivity contribution in [1.29, 1.82) is 0 Å². The average Bonchev–Trinajstić information content (AvgIpc) is 2.95.